The van der Waals surface area contributed by atoms with Crippen molar-refractivity contribution in [2.75, 3.05) is 5.32 Å². The summed E-state index contributed by atoms with van der Waals surface area (Å²) in [4.78, 5) is 24.9. The van der Waals surface area contributed by atoms with Gasteiger partial charge in [-0.05, 0) is 55.8 Å². The molecule has 0 aliphatic rings. The van der Waals surface area contributed by atoms with Gasteiger partial charge in [-0.15, -0.1) is 0 Å². The van der Waals surface area contributed by atoms with Gasteiger partial charge in [0.05, 0.1) is 5.39 Å². The molecule has 4 heteroatoms. The van der Waals surface area contributed by atoms with Crippen LogP contribution in [0.2, 0.25) is 0 Å². The fourth-order valence-corrected chi connectivity index (χ4v) is 3.12. The maximum atomic E-state index is 12.4. The highest BCUT2D eigenvalue weighted by atomic mass is 16.3. The number of carbonyl (C=O) groups is 1. The molecule has 0 atom stereocenters. The van der Waals surface area contributed by atoms with E-state index in [1.54, 1.807) is 30.3 Å². The molecule has 0 aliphatic heterocycles. The van der Waals surface area contributed by atoms with Gasteiger partial charge >= 0.3 is 0 Å². The second-order valence-electron chi connectivity index (χ2n) is 6.88. The van der Waals surface area contributed by atoms with Crippen LogP contribution >= 0.6 is 0 Å². The van der Waals surface area contributed by atoms with Crippen molar-refractivity contribution in [2.45, 2.75) is 13.8 Å². The van der Waals surface area contributed by atoms with E-state index in [-0.39, 0.29) is 11.3 Å². The molecule has 1 aromatic heterocycles. The topological polar surface area (TPSA) is 59.3 Å². The first-order valence-corrected chi connectivity index (χ1v) is 9.02. The Morgan fingerprint density at radius 1 is 0.857 bits per heavy atom. The normalized spacial score (nSPS) is 10.8. The monoisotopic (exact) mass is 369 g/mol. The number of anilines is 1. The van der Waals surface area contributed by atoms with E-state index in [4.69, 9.17) is 4.42 Å². The molecule has 4 aromatic rings. The Morgan fingerprint density at radius 2 is 1.61 bits per heavy atom. The van der Waals surface area contributed by atoms with Crippen molar-refractivity contribution in [2.24, 2.45) is 0 Å². The average Bonchev–Trinajstić information content (AvgIpc) is 2.68. The number of amides is 1. The van der Waals surface area contributed by atoms with Crippen LogP contribution in [0, 0.1) is 13.8 Å². The largest absolute Gasteiger partial charge is 0.456 e. The van der Waals surface area contributed by atoms with Gasteiger partial charge in [0.2, 0.25) is 0 Å². The number of hydrogen-bond acceptors (Lipinski definition) is 3. The highest BCUT2D eigenvalue weighted by molar-refractivity contribution is 6.04. The molecule has 0 unspecified atom stereocenters. The van der Waals surface area contributed by atoms with Crippen LogP contribution in [-0.2, 0) is 0 Å². The summed E-state index contributed by atoms with van der Waals surface area (Å²) in [6.07, 6.45) is 0. The predicted octanol–water partition coefficient (Wildman–Crippen LogP) is 5.33. The van der Waals surface area contributed by atoms with E-state index in [2.05, 4.69) is 5.32 Å². The van der Waals surface area contributed by atoms with Crippen LogP contribution in [0.25, 0.3) is 22.3 Å². The molecule has 4 nitrogen and oxygen atoms in total. The van der Waals surface area contributed by atoms with Crippen LogP contribution < -0.4 is 10.7 Å². The van der Waals surface area contributed by atoms with Crippen molar-refractivity contribution in [3.63, 3.8) is 0 Å². The minimum absolute atomic E-state index is 0.0822. The number of benzene rings is 3. The van der Waals surface area contributed by atoms with Gasteiger partial charge in [-0.25, -0.2) is 0 Å². The van der Waals surface area contributed by atoms with Crippen LogP contribution in [0.4, 0.5) is 5.69 Å². The second kappa shape index (κ2) is 7.16. The number of nitrogens with one attached hydrogen (secondary N) is 1. The van der Waals surface area contributed by atoms with Crippen LogP contribution in [0.3, 0.4) is 0 Å². The van der Waals surface area contributed by atoms with Crippen molar-refractivity contribution in [1.82, 2.24) is 0 Å². The second-order valence-corrected chi connectivity index (χ2v) is 6.88. The van der Waals surface area contributed by atoms with E-state index < -0.39 is 0 Å². The van der Waals surface area contributed by atoms with Crippen molar-refractivity contribution >= 4 is 22.6 Å². The van der Waals surface area contributed by atoms with Gasteiger partial charge in [0.25, 0.3) is 5.91 Å². The summed E-state index contributed by atoms with van der Waals surface area (Å²) in [5.41, 5.74) is 4.59. The Kier molecular flexibility index (Phi) is 4.53. The zero-order valence-corrected chi connectivity index (χ0v) is 15.7. The molecule has 0 aliphatic carbocycles. The Balaban J connectivity index is 1.61. The highest BCUT2D eigenvalue weighted by Gasteiger charge is 2.10. The number of fused-ring (bicyclic) bond motifs is 1. The molecule has 28 heavy (non-hydrogen) atoms. The van der Waals surface area contributed by atoms with Gasteiger partial charge in [0.15, 0.2) is 5.43 Å². The molecule has 3 aromatic carbocycles. The third-order valence-electron chi connectivity index (χ3n) is 4.59. The summed E-state index contributed by atoms with van der Waals surface area (Å²) in [6.45, 7) is 3.91. The Bertz CT molecular complexity index is 1240. The number of aryl methyl sites for hydroxylation is 2. The zero-order valence-electron chi connectivity index (χ0n) is 15.7. The molecular formula is C24H19NO3. The van der Waals surface area contributed by atoms with E-state index in [9.17, 15) is 9.59 Å². The smallest absolute Gasteiger partial charge is 0.255 e. The molecule has 0 fully saturated rings. The Labute approximate surface area is 162 Å². The van der Waals surface area contributed by atoms with Crippen LogP contribution in [0.15, 0.2) is 82.0 Å². The molecule has 1 N–H and O–H groups in total. The summed E-state index contributed by atoms with van der Waals surface area (Å²) in [5, 5.41) is 3.45. The van der Waals surface area contributed by atoms with Gasteiger partial charge < -0.3 is 9.73 Å². The molecule has 0 spiro atoms. The van der Waals surface area contributed by atoms with Gasteiger partial charge in [-0.2, -0.15) is 0 Å². The number of hydrogen-bond donors (Lipinski definition) is 1. The zero-order chi connectivity index (χ0) is 19.7. The number of carbonyl (C=O) groups excluding carboxylic acids is 1. The van der Waals surface area contributed by atoms with Crippen molar-refractivity contribution < 1.29 is 9.21 Å². The quantitative estimate of drug-likeness (QED) is 0.531. The molecule has 138 valence electrons. The first-order chi connectivity index (χ1) is 13.5. The molecular weight excluding hydrogens is 350 g/mol. The van der Waals surface area contributed by atoms with Crippen molar-refractivity contribution in [1.29, 1.82) is 0 Å². The molecule has 1 amide bonds. The van der Waals surface area contributed by atoms with Crippen molar-refractivity contribution in [3.05, 3.63) is 99.7 Å². The molecule has 0 radical (unpaired) electrons. The lowest BCUT2D eigenvalue weighted by atomic mass is 10.1. The SMILES string of the molecule is Cc1cccc(NC(=O)c2ccc(-c3cc(=O)c4cc(C)ccc4o3)cc2)c1. The lowest BCUT2D eigenvalue weighted by molar-refractivity contribution is 0.102. The molecule has 1 heterocycles. The summed E-state index contributed by atoms with van der Waals surface area (Å²) in [6, 6.07) is 21.7. The Hall–Kier alpha value is -3.66. The fourth-order valence-electron chi connectivity index (χ4n) is 3.12. The fraction of sp³-hybridized carbons (Fsp3) is 0.0833. The Morgan fingerprint density at radius 3 is 2.36 bits per heavy atom. The van der Waals surface area contributed by atoms with E-state index in [0.717, 1.165) is 22.4 Å². The maximum Gasteiger partial charge on any atom is 0.255 e. The molecule has 4 rings (SSSR count). The minimum Gasteiger partial charge on any atom is -0.456 e. The third kappa shape index (κ3) is 3.58. The maximum absolute atomic E-state index is 12.4. The molecule has 0 saturated heterocycles. The van der Waals surface area contributed by atoms with E-state index >= 15 is 0 Å². The third-order valence-corrected chi connectivity index (χ3v) is 4.59. The van der Waals surface area contributed by atoms with E-state index in [1.807, 2.05) is 50.2 Å². The minimum atomic E-state index is -0.187. The van der Waals surface area contributed by atoms with Gasteiger partial charge in [-0.1, -0.05) is 35.9 Å². The van der Waals surface area contributed by atoms with E-state index in [0.29, 0.717) is 22.3 Å². The first-order valence-electron chi connectivity index (χ1n) is 9.02. The summed E-state index contributed by atoms with van der Waals surface area (Å²) in [5.74, 6) is 0.291. The molecule has 0 saturated carbocycles. The van der Waals surface area contributed by atoms with Gasteiger partial charge in [-0.3, -0.25) is 9.59 Å². The lowest BCUT2D eigenvalue weighted by Gasteiger charge is -2.07. The van der Waals surface area contributed by atoms with Crippen LogP contribution in [0.1, 0.15) is 21.5 Å². The summed E-state index contributed by atoms with van der Waals surface area (Å²) in [7, 11) is 0. The highest BCUT2D eigenvalue weighted by Crippen LogP contribution is 2.23. The van der Waals surface area contributed by atoms with E-state index in [1.165, 1.54) is 6.07 Å². The summed E-state index contributed by atoms with van der Waals surface area (Å²) < 4.78 is 5.89. The van der Waals surface area contributed by atoms with Crippen LogP contribution in [-0.4, -0.2) is 5.91 Å². The first kappa shape index (κ1) is 17.7. The predicted molar refractivity (Wildman–Crippen MR) is 112 cm³/mol. The van der Waals surface area contributed by atoms with Gasteiger partial charge in [0.1, 0.15) is 11.3 Å². The summed E-state index contributed by atoms with van der Waals surface area (Å²) >= 11 is 0. The van der Waals surface area contributed by atoms with Crippen molar-refractivity contribution in [3.8, 4) is 11.3 Å². The standard InChI is InChI=1S/C24H19NO3/c1-15-4-3-5-19(12-15)25-24(27)18-9-7-17(8-10-18)23-14-21(26)20-13-16(2)6-11-22(20)28-23/h3-14H,1-2H3,(H,25,27). The average molecular weight is 369 g/mol. The lowest BCUT2D eigenvalue weighted by Crippen LogP contribution is -2.11. The molecule has 0 bridgehead atoms. The van der Waals surface area contributed by atoms with Crippen LogP contribution in [0.5, 0.6) is 0 Å². The van der Waals surface area contributed by atoms with Gasteiger partial charge in [0, 0.05) is 22.9 Å². The number of rotatable bonds is 3.